The number of hydrogen-bond acceptors (Lipinski definition) is 1. The monoisotopic (exact) mass is 313 g/mol. The van der Waals surface area contributed by atoms with Crippen molar-refractivity contribution in [2.24, 2.45) is 0 Å². The van der Waals surface area contributed by atoms with Crippen LogP contribution in [0.4, 0.5) is 5.69 Å². The Morgan fingerprint density at radius 2 is 1.67 bits per heavy atom. The van der Waals surface area contributed by atoms with Gasteiger partial charge in [0.1, 0.15) is 0 Å². The third kappa shape index (κ3) is 2.61. The molecule has 2 nitrogen and oxygen atoms in total. The fourth-order valence-corrected chi connectivity index (χ4v) is 3.32. The van der Waals surface area contributed by atoms with Gasteiger partial charge in [0, 0.05) is 11.3 Å². The normalized spacial score (nSPS) is 11.7. The molecule has 24 heavy (non-hydrogen) atoms. The Morgan fingerprint density at radius 1 is 0.917 bits per heavy atom. The van der Waals surface area contributed by atoms with E-state index in [1.807, 2.05) is 30.3 Å². The summed E-state index contributed by atoms with van der Waals surface area (Å²) in [5.74, 6) is -0.0619. The van der Waals surface area contributed by atoms with Crippen LogP contribution in [0, 0.1) is 0 Å². The van der Waals surface area contributed by atoms with Gasteiger partial charge >= 0.3 is 0 Å². The van der Waals surface area contributed by atoms with Crippen LogP contribution in [0.5, 0.6) is 0 Å². The number of amides is 1. The van der Waals surface area contributed by atoms with E-state index in [9.17, 15) is 4.79 Å². The van der Waals surface area contributed by atoms with E-state index in [2.05, 4.69) is 48.6 Å². The summed E-state index contributed by atoms with van der Waals surface area (Å²) in [5, 5.41) is 3.01. The topological polar surface area (TPSA) is 29.1 Å². The van der Waals surface area contributed by atoms with Gasteiger partial charge in [0.25, 0.3) is 5.91 Å². The van der Waals surface area contributed by atoms with Crippen LogP contribution < -0.4 is 5.32 Å². The highest BCUT2D eigenvalue weighted by Gasteiger charge is 2.18. The molecule has 0 aromatic heterocycles. The summed E-state index contributed by atoms with van der Waals surface area (Å²) in [5.41, 5.74) is 7.99. The molecule has 1 aliphatic carbocycles. The van der Waals surface area contributed by atoms with Gasteiger partial charge in [0.15, 0.2) is 0 Å². The first-order valence-corrected chi connectivity index (χ1v) is 8.36. The minimum Gasteiger partial charge on any atom is -0.322 e. The number of carbonyl (C=O) groups excluding carboxylic acids is 1. The maximum absolute atomic E-state index is 12.4. The molecule has 0 heterocycles. The van der Waals surface area contributed by atoms with Crippen molar-refractivity contribution >= 4 is 11.6 Å². The van der Waals surface area contributed by atoms with Crippen LogP contribution >= 0.6 is 0 Å². The van der Waals surface area contributed by atoms with E-state index in [-0.39, 0.29) is 5.91 Å². The molecule has 2 heteroatoms. The number of anilines is 1. The lowest BCUT2D eigenvalue weighted by Gasteiger charge is -2.08. The Morgan fingerprint density at radius 3 is 2.46 bits per heavy atom. The Labute approximate surface area is 142 Å². The third-order valence-corrected chi connectivity index (χ3v) is 4.68. The fraction of sp³-hybridized carbons (Fsp3) is 0.136. The maximum atomic E-state index is 12.4. The highest BCUT2D eigenvalue weighted by Crippen LogP contribution is 2.37. The van der Waals surface area contributed by atoms with E-state index >= 15 is 0 Å². The molecular weight excluding hydrogens is 294 g/mol. The summed E-state index contributed by atoms with van der Waals surface area (Å²) in [6.07, 6.45) is 1.91. The number of aryl methyl sites for hydroxylation is 1. The van der Waals surface area contributed by atoms with Gasteiger partial charge in [0.2, 0.25) is 0 Å². The Bertz CT molecular complexity index is 910. The lowest BCUT2D eigenvalue weighted by atomic mass is 10.1. The van der Waals surface area contributed by atoms with E-state index in [0.717, 1.165) is 18.5 Å². The summed E-state index contributed by atoms with van der Waals surface area (Å²) in [6, 6.07) is 22.5. The van der Waals surface area contributed by atoms with Crippen LogP contribution in [0.3, 0.4) is 0 Å². The number of benzene rings is 3. The largest absolute Gasteiger partial charge is 0.322 e. The zero-order valence-electron chi connectivity index (χ0n) is 13.7. The minimum atomic E-state index is -0.0619. The molecule has 0 unspecified atom stereocenters. The number of rotatable bonds is 3. The van der Waals surface area contributed by atoms with E-state index in [0.29, 0.717) is 5.56 Å². The van der Waals surface area contributed by atoms with Crippen molar-refractivity contribution in [3.8, 4) is 11.1 Å². The molecule has 3 aromatic rings. The lowest BCUT2D eigenvalue weighted by Crippen LogP contribution is -2.12. The van der Waals surface area contributed by atoms with E-state index < -0.39 is 0 Å². The van der Waals surface area contributed by atoms with Gasteiger partial charge in [-0.05, 0) is 64.9 Å². The molecule has 1 N–H and O–H groups in total. The molecule has 4 rings (SSSR count). The Kier molecular flexibility index (Phi) is 3.66. The van der Waals surface area contributed by atoms with E-state index in [1.165, 1.54) is 27.8 Å². The van der Waals surface area contributed by atoms with Crippen molar-refractivity contribution in [2.45, 2.75) is 19.8 Å². The van der Waals surface area contributed by atoms with Gasteiger partial charge in [-0.25, -0.2) is 0 Å². The van der Waals surface area contributed by atoms with Crippen LogP contribution in [0.1, 0.15) is 34.0 Å². The summed E-state index contributed by atoms with van der Waals surface area (Å²) >= 11 is 0. The second kappa shape index (κ2) is 5.97. The molecule has 0 aliphatic heterocycles. The molecule has 0 saturated carbocycles. The first kappa shape index (κ1) is 14.7. The molecule has 0 spiro atoms. The van der Waals surface area contributed by atoms with Gasteiger partial charge in [-0.15, -0.1) is 0 Å². The molecule has 0 atom stereocenters. The third-order valence-electron chi connectivity index (χ3n) is 4.68. The van der Waals surface area contributed by atoms with Crippen molar-refractivity contribution in [1.82, 2.24) is 0 Å². The quantitative estimate of drug-likeness (QED) is 0.562. The average Bonchev–Trinajstić information content (AvgIpc) is 2.99. The standard InChI is InChI=1S/C22H19NO/c1-2-15-7-9-16(10-8-15)22(24)23-19-11-12-21-18(14-19)13-17-5-3-4-6-20(17)21/h3-12,14H,2,13H2,1H3,(H,23,24). The molecule has 3 aromatic carbocycles. The second-order valence-electron chi connectivity index (χ2n) is 6.21. The Balaban J connectivity index is 1.56. The van der Waals surface area contributed by atoms with Crippen molar-refractivity contribution < 1.29 is 4.79 Å². The number of carbonyl (C=O) groups is 1. The summed E-state index contributed by atoms with van der Waals surface area (Å²) in [7, 11) is 0. The van der Waals surface area contributed by atoms with Crippen LogP contribution in [-0.4, -0.2) is 5.91 Å². The van der Waals surface area contributed by atoms with E-state index in [4.69, 9.17) is 0 Å². The van der Waals surface area contributed by atoms with E-state index in [1.54, 1.807) is 0 Å². The van der Waals surface area contributed by atoms with Crippen LogP contribution in [0.25, 0.3) is 11.1 Å². The van der Waals surface area contributed by atoms with Gasteiger partial charge < -0.3 is 5.32 Å². The second-order valence-corrected chi connectivity index (χ2v) is 6.21. The van der Waals surface area contributed by atoms with Crippen LogP contribution in [0.15, 0.2) is 66.7 Å². The molecule has 1 aliphatic rings. The molecule has 0 saturated heterocycles. The zero-order valence-corrected chi connectivity index (χ0v) is 13.7. The SMILES string of the molecule is CCc1ccc(C(=O)Nc2ccc3c(c2)Cc2ccccc2-3)cc1. The first-order chi connectivity index (χ1) is 11.7. The maximum Gasteiger partial charge on any atom is 0.255 e. The molecule has 0 bridgehead atoms. The van der Waals surface area contributed by atoms with Crippen molar-refractivity contribution in [1.29, 1.82) is 0 Å². The summed E-state index contributed by atoms with van der Waals surface area (Å²) in [4.78, 5) is 12.4. The number of nitrogens with one attached hydrogen (secondary N) is 1. The van der Waals surface area contributed by atoms with Gasteiger partial charge in [-0.3, -0.25) is 4.79 Å². The predicted molar refractivity (Wildman–Crippen MR) is 98.5 cm³/mol. The molecule has 1 amide bonds. The Hall–Kier alpha value is -2.87. The average molecular weight is 313 g/mol. The minimum absolute atomic E-state index is 0.0619. The van der Waals surface area contributed by atoms with Crippen LogP contribution in [-0.2, 0) is 12.8 Å². The summed E-state index contributed by atoms with van der Waals surface area (Å²) in [6.45, 7) is 2.11. The molecule has 0 fully saturated rings. The van der Waals surface area contributed by atoms with Gasteiger partial charge in [0.05, 0.1) is 0 Å². The van der Waals surface area contributed by atoms with Crippen molar-refractivity contribution in [2.75, 3.05) is 5.32 Å². The van der Waals surface area contributed by atoms with Gasteiger partial charge in [-0.2, -0.15) is 0 Å². The van der Waals surface area contributed by atoms with Crippen molar-refractivity contribution in [3.05, 3.63) is 89.0 Å². The van der Waals surface area contributed by atoms with Gasteiger partial charge in [-0.1, -0.05) is 49.4 Å². The lowest BCUT2D eigenvalue weighted by molar-refractivity contribution is 0.102. The number of hydrogen-bond donors (Lipinski definition) is 1. The summed E-state index contributed by atoms with van der Waals surface area (Å²) < 4.78 is 0. The smallest absolute Gasteiger partial charge is 0.255 e. The predicted octanol–water partition coefficient (Wildman–Crippen LogP) is 5.07. The first-order valence-electron chi connectivity index (χ1n) is 8.36. The molecule has 0 radical (unpaired) electrons. The highest BCUT2D eigenvalue weighted by molar-refractivity contribution is 6.04. The fourth-order valence-electron chi connectivity index (χ4n) is 3.32. The zero-order chi connectivity index (χ0) is 16.5. The van der Waals surface area contributed by atoms with Crippen LogP contribution in [0.2, 0.25) is 0 Å². The highest BCUT2D eigenvalue weighted by atomic mass is 16.1. The number of fused-ring (bicyclic) bond motifs is 3. The molecule has 118 valence electrons. The van der Waals surface area contributed by atoms with Crippen molar-refractivity contribution in [3.63, 3.8) is 0 Å². The molecular formula is C22H19NO.